The Hall–Kier alpha value is -2.37. The summed E-state index contributed by atoms with van der Waals surface area (Å²) in [5.74, 6) is -0.952. The van der Waals surface area contributed by atoms with Crippen LogP contribution in [0.2, 0.25) is 0 Å². The summed E-state index contributed by atoms with van der Waals surface area (Å²) in [6.45, 7) is 1.23. The fourth-order valence-corrected chi connectivity index (χ4v) is 3.94. The van der Waals surface area contributed by atoms with Crippen molar-refractivity contribution >= 4 is 17.6 Å². The third-order valence-corrected chi connectivity index (χ3v) is 5.61. The highest BCUT2D eigenvalue weighted by molar-refractivity contribution is 6.04. The first-order chi connectivity index (χ1) is 11.6. The Morgan fingerprint density at radius 3 is 2.54 bits per heavy atom. The Morgan fingerprint density at radius 1 is 1.21 bits per heavy atom. The smallest absolute Gasteiger partial charge is 0.307 e. The highest BCUT2D eigenvalue weighted by Crippen LogP contribution is 2.59. The molecule has 0 bridgehead atoms. The molecule has 2 fully saturated rings. The first kappa shape index (κ1) is 15.2. The number of carbonyl (C=O) groups is 2. The lowest BCUT2D eigenvalue weighted by molar-refractivity contribution is -0.144. The van der Waals surface area contributed by atoms with E-state index in [4.69, 9.17) is 9.94 Å². The second-order valence-corrected chi connectivity index (χ2v) is 6.98. The van der Waals surface area contributed by atoms with E-state index in [2.05, 4.69) is 5.16 Å². The monoisotopic (exact) mass is 328 g/mol. The molecule has 1 spiro atoms. The van der Waals surface area contributed by atoms with Crippen LogP contribution in [0.1, 0.15) is 31.2 Å². The minimum Gasteiger partial charge on any atom is -0.481 e. The molecule has 2 aliphatic heterocycles. The lowest BCUT2D eigenvalue weighted by atomic mass is 9.90. The number of carbonyl (C=O) groups excluding carboxylic acids is 1. The van der Waals surface area contributed by atoms with Crippen molar-refractivity contribution in [3.63, 3.8) is 0 Å². The van der Waals surface area contributed by atoms with Gasteiger partial charge >= 0.3 is 5.97 Å². The van der Waals surface area contributed by atoms with Crippen LogP contribution in [0, 0.1) is 11.3 Å². The van der Waals surface area contributed by atoms with Crippen LogP contribution in [-0.2, 0) is 14.4 Å². The van der Waals surface area contributed by atoms with Crippen LogP contribution >= 0.6 is 0 Å². The van der Waals surface area contributed by atoms with Crippen LogP contribution in [-0.4, -0.2) is 46.8 Å². The maximum absolute atomic E-state index is 12.6. The zero-order chi connectivity index (χ0) is 16.7. The van der Waals surface area contributed by atoms with E-state index in [0.29, 0.717) is 19.5 Å². The number of carboxylic acids is 1. The quantitative estimate of drug-likeness (QED) is 0.919. The lowest BCUT2D eigenvalue weighted by Crippen LogP contribution is -2.45. The largest absolute Gasteiger partial charge is 0.481 e. The minimum atomic E-state index is -0.699. The fraction of sp³-hybridized carbons (Fsp3) is 0.500. The van der Waals surface area contributed by atoms with Crippen molar-refractivity contribution in [3.8, 4) is 0 Å². The number of rotatable bonds is 3. The molecule has 4 rings (SSSR count). The highest BCUT2D eigenvalue weighted by Gasteiger charge is 2.59. The van der Waals surface area contributed by atoms with Gasteiger partial charge in [-0.1, -0.05) is 35.5 Å². The first-order valence-electron chi connectivity index (χ1n) is 8.39. The predicted molar refractivity (Wildman–Crippen MR) is 86.5 cm³/mol. The van der Waals surface area contributed by atoms with E-state index in [-0.39, 0.29) is 17.2 Å². The van der Waals surface area contributed by atoms with E-state index in [1.54, 1.807) is 4.90 Å². The van der Waals surface area contributed by atoms with Crippen LogP contribution in [0.25, 0.3) is 0 Å². The number of carboxylic acid groups (broad SMARTS) is 1. The molecule has 1 aromatic rings. The molecule has 126 valence electrons. The van der Waals surface area contributed by atoms with Crippen LogP contribution in [0.5, 0.6) is 0 Å². The third kappa shape index (κ3) is 2.56. The van der Waals surface area contributed by atoms with Gasteiger partial charge in [0.05, 0.1) is 11.6 Å². The van der Waals surface area contributed by atoms with Crippen molar-refractivity contribution in [2.45, 2.75) is 31.8 Å². The predicted octanol–water partition coefficient (Wildman–Crippen LogP) is 1.89. The molecular weight excluding hydrogens is 308 g/mol. The van der Waals surface area contributed by atoms with E-state index in [0.717, 1.165) is 30.5 Å². The van der Waals surface area contributed by atoms with Crippen molar-refractivity contribution < 1.29 is 19.5 Å². The number of amides is 1. The molecule has 2 heterocycles. The van der Waals surface area contributed by atoms with Gasteiger partial charge in [-0.15, -0.1) is 0 Å². The average Bonchev–Trinajstić information content (AvgIpc) is 3.09. The van der Waals surface area contributed by atoms with Crippen LogP contribution in [0.15, 0.2) is 35.5 Å². The van der Waals surface area contributed by atoms with Gasteiger partial charge in [-0.3, -0.25) is 9.59 Å². The second-order valence-electron chi connectivity index (χ2n) is 6.98. The van der Waals surface area contributed by atoms with Crippen LogP contribution in [0.3, 0.4) is 0 Å². The number of likely N-dealkylation sites (tertiary alicyclic amines) is 1. The number of hydrogen-bond acceptors (Lipinski definition) is 4. The Kier molecular flexibility index (Phi) is 3.55. The van der Waals surface area contributed by atoms with E-state index in [1.165, 1.54) is 0 Å². The molecule has 2 unspecified atom stereocenters. The number of nitrogens with zero attached hydrogens (tertiary/aromatic N) is 2. The molecule has 1 aromatic carbocycles. The Bertz CT molecular complexity index is 692. The van der Waals surface area contributed by atoms with Crippen LogP contribution < -0.4 is 0 Å². The zero-order valence-electron chi connectivity index (χ0n) is 13.4. The lowest BCUT2D eigenvalue weighted by Gasteiger charge is -2.33. The van der Waals surface area contributed by atoms with E-state index >= 15 is 0 Å². The molecule has 6 nitrogen and oxygen atoms in total. The summed E-state index contributed by atoms with van der Waals surface area (Å²) in [4.78, 5) is 30.9. The summed E-state index contributed by atoms with van der Waals surface area (Å²) in [6, 6.07) is 9.73. The first-order valence-corrected chi connectivity index (χ1v) is 8.39. The second kappa shape index (κ2) is 5.61. The number of hydrogen-bond donors (Lipinski definition) is 1. The van der Waals surface area contributed by atoms with Crippen LogP contribution in [0.4, 0.5) is 0 Å². The molecule has 2 atom stereocenters. The molecule has 6 heteroatoms. The molecule has 1 aliphatic carbocycles. The highest BCUT2D eigenvalue weighted by atomic mass is 16.6. The third-order valence-electron chi connectivity index (χ3n) is 5.61. The Balaban J connectivity index is 1.33. The van der Waals surface area contributed by atoms with E-state index in [1.807, 2.05) is 30.3 Å². The molecule has 24 heavy (non-hydrogen) atoms. The minimum absolute atomic E-state index is 0.0351. The molecule has 0 aromatic heterocycles. The average molecular weight is 328 g/mol. The van der Waals surface area contributed by atoms with Crippen molar-refractivity contribution in [2.75, 3.05) is 13.1 Å². The van der Waals surface area contributed by atoms with Crippen molar-refractivity contribution in [3.05, 3.63) is 35.9 Å². The maximum Gasteiger partial charge on any atom is 0.307 e. The number of oxime groups is 1. The summed E-state index contributed by atoms with van der Waals surface area (Å²) < 4.78 is 0. The molecule has 0 radical (unpaired) electrons. The standard InChI is InChI=1S/C18H20N2O4/c21-16(15-10-14(19-24-15)12-4-2-1-3-5-12)20-8-6-18(7-9-20)11-13(18)17(22)23/h1-5,13,15H,6-11H2,(H,22,23). The molecule has 1 N–H and O–H groups in total. The Morgan fingerprint density at radius 2 is 1.92 bits per heavy atom. The number of piperidine rings is 1. The van der Waals surface area contributed by atoms with E-state index in [9.17, 15) is 9.59 Å². The van der Waals surface area contributed by atoms with Gasteiger partial charge in [0.15, 0.2) is 0 Å². The summed E-state index contributed by atoms with van der Waals surface area (Å²) in [6.07, 6.45) is 2.24. The number of aliphatic carboxylic acids is 1. The van der Waals surface area contributed by atoms with Gasteiger partial charge in [0.1, 0.15) is 0 Å². The van der Waals surface area contributed by atoms with Gasteiger partial charge in [-0.25, -0.2) is 0 Å². The summed E-state index contributed by atoms with van der Waals surface area (Å²) in [7, 11) is 0. The Labute approximate surface area is 140 Å². The van der Waals surface area contributed by atoms with Gasteiger partial charge < -0.3 is 14.8 Å². The van der Waals surface area contributed by atoms with Gasteiger partial charge in [-0.2, -0.15) is 0 Å². The molecule has 1 saturated carbocycles. The normalized spacial score (nSPS) is 27.5. The van der Waals surface area contributed by atoms with Gasteiger partial charge in [0.25, 0.3) is 5.91 Å². The zero-order valence-corrected chi connectivity index (χ0v) is 13.4. The van der Waals surface area contributed by atoms with Gasteiger partial charge in [0.2, 0.25) is 6.10 Å². The summed E-state index contributed by atoms with van der Waals surface area (Å²) in [5.41, 5.74) is 1.72. The van der Waals surface area contributed by atoms with Crippen molar-refractivity contribution in [2.24, 2.45) is 16.5 Å². The van der Waals surface area contributed by atoms with Gasteiger partial charge in [0, 0.05) is 19.5 Å². The van der Waals surface area contributed by atoms with Gasteiger partial charge in [-0.05, 0) is 30.2 Å². The van der Waals surface area contributed by atoms with E-state index < -0.39 is 12.1 Å². The molecule has 1 saturated heterocycles. The van der Waals surface area contributed by atoms with Crippen molar-refractivity contribution in [1.82, 2.24) is 4.90 Å². The molecule has 1 amide bonds. The maximum atomic E-state index is 12.6. The topological polar surface area (TPSA) is 79.2 Å². The SMILES string of the molecule is O=C(O)C1CC12CCN(C(=O)C1CC(c3ccccc3)=NO1)CC2. The summed E-state index contributed by atoms with van der Waals surface area (Å²) >= 11 is 0. The van der Waals surface area contributed by atoms with Crippen molar-refractivity contribution in [1.29, 1.82) is 0 Å². The summed E-state index contributed by atoms with van der Waals surface area (Å²) in [5, 5.41) is 13.2. The number of benzene rings is 1. The molecular formula is C18H20N2O4. The fourth-order valence-electron chi connectivity index (χ4n) is 3.94. The molecule has 3 aliphatic rings.